The van der Waals surface area contributed by atoms with Crippen LogP contribution in [0, 0.1) is 12.0 Å². The molecular formula is C20H26N4O2. The number of aromatic nitrogens is 1. The SMILES string of the molecule is [C-]#[N+]c1cccnc1N1CCCC2(CCN([C@H]3CC[C@H](O)CC3)C2=O)C1. The van der Waals surface area contributed by atoms with E-state index in [-0.39, 0.29) is 23.5 Å². The molecule has 0 radical (unpaired) electrons. The molecule has 3 fully saturated rings. The van der Waals surface area contributed by atoms with E-state index in [2.05, 4.69) is 19.6 Å². The summed E-state index contributed by atoms with van der Waals surface area (Å²) in [4.78, 5) is 25.6. The van der Waals surface area contributed by atoms with Gasteiger partial charge in [0.25, 0.3) is 0 Å². The maximum absolute atomic E-state index is 13.4. The minimum atomic E-state index is -0.328. The quantitative estimate of drug-likeness (QED) is 0.830. The Morgan fingerprint density at radius 3 is 2.81 bits per heavy atom. The average molecular weight is 354 g/mol. The Morgan fingerprint density at radius 1 is 1.23 bits per heavy atom. The first-order chi connectivity index (χ1) is 12.6. The molecule has 6 heteroatoms. The predicted octanol–water partition coefficient (Wildman–Crippen LogP) is 2.75. The van der Waals surface area contributed by atoms with Crippen LogP contribution < -0.4 is 4.90 Å². The van der Waals surface area contributed by atoms with E-state index in [1.54, 1.807) is 18.3 Å². The lowest BCUT2D eigenvalue weighted by Crippen LogP contribution is -2.50. The second kappa shape index (κ2) is 6.88. The number of carbonyl (C=O) groups excluding carboxylic acids is 1. The van der Waals surface area contributed by atoms with Crippen molar-refractivity contribution in [1.29, 1.82) is 0 Å². The number of aliphatic hydroxyl groups is 1. The lowest BCUT2D eigenvalue weighted by Gasteiger charge is -2.41. The molecule has 0 bridgehead atoms. The van der Waals surface area contributed by atoms with Crippen LogP contribution in [0.2, 0.25) is 0 Å². The van der Waals surface area contributed by atoms with Gasteiger partial charge in [0, 0.05) is 31.9 Å². The molecule has 0 aromatic carbocycles. The van der Waals surface area contributed by atoms with Crippen LogP contribution in [0.25, 0.3) is 4.85 Å². The maximum atomic E-state index is 13.4. The van der Waals surface area contributed by atoms with Crippen molar-refractivity contribution in [2.24, 2.45) is 5.41 Å². The number of rotatable bonds is 2. The minimum absolute atomic E-state index is 0.195. The third-order valence-electron chi connectivity index (χ3n) is 6.42. The summed E-state index contributed by atoms with van der Waals surface area (Å²) in [5.74, 6) is 0.998. The van der Waals surface area contributed by atoms with Gasteiger partial charge in [-0.1, -0.05) is 12.1 Å². The Labute approximate surface area is 154 Å². The first kappa shape index (κ1) is 17.3. The summed E-state index contributed by atoms with van der Waals surface area (Å²) in [5.41, 5.74) is 0.235. The number of carbonyl (C=O) groups is 1. The molecule has 3 heterocycles. The molecular weight excluding hydrogens is 328 g/mol. The van der Waals surface area contributed by atoms with Gasteiger partial charge in [-0.2, -0.15) is 0 Å². The van der Waals surface area contributed by atoms with Crippen molar-refractivity contribution >= 4 is 17.4 Å². The molecule has 1 spiro atoms. The van der Waals surface area contributed by atoms with E-state index in [0.717, 1.165) is 58.0 Å². The predicted molar refractivity (Wildman–Crippen MR) is 99.0 cm³/mol. The van der Waals surface area contributed by atoms with Crippen molar-refractivity contribution in [3.05, 3.63) is 29.7 Å². The fourth-order valence-corrected chi connectivity index (χ4v) is 4.98. The molecule has 138 valence electrons. The third kappa shape index (κ3) is 2.95. The summed E-state index contributed by atoms with van der Waals surface area (Å²) in [5, 5.41) is 9.75. The van der Waals surface area contributed by atoms with Crippen LogP contribution in [0.1, 0.15) is 44.9 Å². The zero-order valence-electron chi connectivity index (χ0n) is 15.1. The number of hydrogen-bond donors (Lipinski definition) is 1. The van der Waals surface area contributed by atoms with E-state index in [1.165, 1.54) is 0 Å². The molecule has 1 aliphatic carbocycles. The monoisotopic (exact) mass is 354 g/mol. The Kier molecular flexibility index (Phi) is 4.58. The van der Waals surface area contributed by atoms with Crippen LogP contribution in [0.4, 0.5) is 11.5 Å². The lowest BCUT2D eigenvalue weighted by molar-refractivity contribution is -0.139. The standard InChI is InChI=1S/C20H26N4O2/c1-21-17-4-2-11-22-18(17)23-12-3-9-20(14-23)10-13-24(19(20)26)15-5-7-16(25)8-6-15/h2,4,11,15-16,25H,3,5-10,12-14H2/t15-,16-,20?. The largest absolute Gasteiger partial charge is 0.393 e. The van der Waals surface area contributed by atoms with Crippen molar-refractivity contribution in [2.45, 2.75) is 57.1 Å². The van der Waals surface area contributed by atoms with Gasteiger partial charge in [0.15, 0.2) is 0 Å². The highest BCUT2D eigenvalue weighted by atomic mass is 16.3. The van der Waals surface area contributed by atoms with Crippen molar-refractivity contribution in [2.75, 3.05) is 24.5 Å². The van der Waals surface area contributed by atoms with E-state index in [9.17, 15) is 9.90 Å². The van der Waals surface area contributed by atoms with Crippen molar-refractivity contribution < 1.29 is 9.90 Å². The highest BCUT2D eigenvalue weighted by Crippen LogP contribution is 2.44. The number of anilines is 1. The maximum Gasteiger partial charge on any atom is 0.230 e. The van der Waals surface area contributed by atoms with E-state index in [1.807, 2.05) is 0 Å². The van der Waals surface area contributed by atoms with Gasteiger partial charge in [-0.05, 0) is 44.9 Å². The van der Waals surface area contributed by atoms with Crippen LogP contribution in [0.3, 0.4) is 0 Å². The summed E-state index contributed by atoms with van der Waals surface area (Å²) in [7, 11) is 0. The number of amides is 1. The molecule has 1 aromatic rings. The van der Waals surface area contributed by atoms with Gasteiger partial charge in [0.2, 0.25) is 11.6 Å². The fraction of sp³-hybridized carbons (Fsp3) is 0.650. The first-order valence-corrected chi connectivity index (χ1v) is 9.69. The van der Waals surface area contributed by atoms with E-state index >= 15 is 0 Å². The number of likely N-dealkylation sites (tertiary alicyclic amines) is 1. The van der Waals surface area contributed by atoms with Gasteiger partial charge < -0.3 is 14.9 Å². The summed E-state index contributed by atoms with van der Waals surface area (Å²) < 4.78 is 0. The van der Waals surface area contributed by atoms with Crippen LogP contribution >= 0.6 is 0 Å². The van der Waals surface area contributed by atoms with Gasteiger partial charge in [0.1, 0.15) is 5.82 Å². The molecule has 1 atom stereocenters. The summed E-state index contributed by atoms with van der Waals surface area (Å²) in [6, 6.07) is 3.87. The molecule has 1 amide bonds. The molecule has 1 unspecified atom stereocenters. The zero-order chi connectivity index (χ0) is 18.1. The number of aliphatic hydroxyl groups excluding tert-OH is 1. The van der Waals surface area contributed by atoms with Gasteiger partial charge in [0.05, 0.1) is 18.1 Å². The molecule has 2 saturated heterocycles. The first-order valence-electron chi connectivity index (χ1n) is 9.69. The Hall–Kier alpha value is -2.13. The highest BCUT2D eigenvalue weighted by molar-refractivity contribution is 5.86. The fourth-order valence-electron chi connectivity index (χ4n) is 4.98. The third-order valence-corrected chi connectivity index (χ3v) is 6.42. The Bertz CT molecular complexity index is 723. The van der Waals surface area contributed by atoms with E-state index < -0.39 is 0 Å². The molecule has 1 saturated carbocycles. The average Bonchev–Trinajstić information content (AvgIpc) is 2.98. The van der Waals surface area contributed by atoms with E-state index in [0.29, 0.717) is 18.1 Å². The van der Waals surface area contributed by atoms with Crippen LogP contribution in [0.15, 0.2) is 18.3 Å². The molecule has 3 aliphatic rings. The highest BCUT2D eigenvalue weighted by Gasteiger charge is 2.50. The molecule has 2 aliphatic heterocycles. The summed E-state index contributed by atoms with van der Waals surface area (Å²) in [6.45, 7) is 9.73. The van der Waals surface area contributed by atoms with Gasteiger partial charge in [-0.15, -0.1) is 0 Å². The van der Waals surface area contributed by atoms with Crippen LogP contribution in [-0.2, 0) is 4.79 Å². The van der Waals surface area contributed by atoms with E-state index in [4.69, 9.17) is 6.57 Å². The Balaban J connectivity index is 1.52. The number of hydrogen-bond acceptors (Lipinski definition) is 4. The molecule has 26 heavy (non-hydrogen) atoms. The number of piperidine rings is 1. The molecule has 6 nitrogen and oxygen atoms in total. The second-order valence-corrected chi connectivity index (χ2v) is 7.97. The summed E-state index contributed by atoms with van der Waals surface area (Å²) >= 11 is 0. The minimum Gasteiger partial charge on any atom is -0.393 e. The van der Waals surface area contributed by atoms with Crippen molar-refractivity contribution in [3.8, 4) is 0 Å². The molecule has 1 aromatic heterocycles. The topological polar surface area (TPSA) is 61.0 Å². The number of pyridine rings is 1. The molecule has 1 N–H and O–H groups in total. The normalized spacial score (nSPS) is 32.1. The zero-order valence-corrected chi connectivity index (χ0v) is 15.1. The van der Waals surface area contributed by atoms with Crippen molar-refractivity contribution in [1.82, 2.24) is 9.88 Å². The van der Waals surface area contributed by atoms with Gasteiger partial charge in [-0.25, -0.2) is 4.85 Å². The van der Waals surface area contributed by atoms with Gasteiger partial charge >= 0.3 is 0 Å². The molecule has 4 rings (SSSR count). The van der Waals surface area contributed by atoms with Crippen molar-refractivity contribution in [3.63, 3.8) is 0 Å². The summed E-state index contributed by atoms with van der Waals surface area (Å²) in [6.07, 6.45) is 7.73. The van der Waals surface area contributed by atoms with Crippen LogP contribution in [-0.4, -0.2) is 52.7 Å². The smallest absolute Gasteiger partial charge is 0.230 e. The van der Waals surface area contributed by atoms with Crippen LogP contribution in [0.5, 0.6) is 0 Å². The van der Waals surface area contributed by atoms with Gasteiger partial charge in [-0.3, -0.25) is 9.78 Å². The number of nitrogens with zero attached hydrogens (tertiary/aromatic N) is 4. The Morgan fingerprint density at radius 2 is 2.04 bits per heavy atom. The second-order valence-electron chi connectivity index (χ2n) is 7.97. The lowest BCUT2D eigenvalue weighted by atomic mass is 9.78.